The number of aromatic nitrogens is 2. The van der Waals surface area contributed by atoms with Crippen molar-refractivity contribution in [3.8, 4) is 0 Å². The SMILES string of the molecule is Cn1nccc1C(=O)N[C@H]1CCC(=O)N[C@H]1C1CC1. The van der Waals surface area contributed by atoms with Gasteiger partial charge in [-0.2, -0.15) is 5.10 Å². The molecule has 0 aromatic carbocycles. The highest BCUT2D eigenvalue weighted by Gasteiger charge is 2.40. The third kappa shape index (κ3) is 2.47. The Morgan fingerprint density at radius 2 is 2.26 bits per heavy atom. The van der Waals surface area contributed by atoms with Crippen molar-refractivity contribution in [1.82, 2.24) is 20.4 Å². The van der Waals surface area contributed by atoms with Gasteiger partial charge in [-0.15, -0.1) is 0 Å². The van der Waals surface area contributed by atoms with Crippen LogP contribution in [0.3, 0.4) is 0 Å². The van der Waals surface area contributed by atoms with Gasteiger partial charge in [-0.05, 0) is 31.2 Å². The van der Waals surface area contributed by atoms with Gasteiger partial charge < -0.3 is 10.6 Å². The van der Waals surface area contributed by atoms with Crippen LogP contribution < -0.4 is 10.6 Å². The molecule has 0 unspecified atom stereocenters. The Kier molecular flexibility index (Phi) is 3.00. The van der Waals surface area contributed by atoms with Gasteiger partial charge in [0.1, 0.15) is 5.69 Å². The van der Waals surface area contributed by atoms with Gasteiger partial charge in [-0.25, -0.2) is 0 Å². The van der Waals surface area contributed by atoms with Crippen LogP contribution in [-0.4, -0.2) is 33.7 Å². The van der Waals surface area contributed by atoms with Crippen molar-refractivity contribution >= 4 is 11.8 Å². The standard InChI is InChI=1S/C13H18N4O2/c1-17-10(6-7-14-17)13(19)15-9-4-5-11(18)16-12(9)8-2-3-8/h6-9,12H,2-5H2,1H3,(H,15,19)(H,16,18)/t9-,12-/m0/s1. The largest absolute Gasteiger partial charge is 0.351 e. The number of piperidine rings is 1. The van der Waals surface area contributed by atoms with Crippen molar-refractivity contribution < 1.29 is 9.59 Å². The number of nitrogens with zero attached hydrogens (tertiary/aromatic N) is 2. The Labute approximate surface area is 111 Å². The molecular formula is C13H18N4O2. The Balaban J connectivity index is 1.69. The number of hydrogen-bond acceptors (Lipinski definition) is 3. The van der Waals surface area contributed by atoms with Gasteiger partial charge in [0.2, 0.25) is 5.91 Å². The van der Waals surface area contributed by atoms with Gasteiger partial charge >= 0.3 is 0 Å². The van der Waals surface area contributed by atoms with Crippen molar-refractivity contribution in [1.29, 1.82) is 0 Å². The molecule has 0 radical (unpaired) electrons. The molecule has 1 saturated heterocycles. The lowest BCUT2D eigenvalue weighted by Gasteiger charge is -2.33. The highest BCUT2D eigenvalue weighted by molar-refractivity contribution is 5.92. The fraction of sp³-hybridized carbons (Fsp3) is 0.615. The Morgan fingerprint density at radius 1 is 1.47 bits per heavy atom. The number of rotatable bonds is 3. The highest BCUT2D eigenvalue weighted by Crippen LogP contribution is 2.36. The molecule has 6 heteroatoms. The molecule has 102 valence electrons. The van der Waals surface area contributed by atoms with Gasteiger partial charge in [0, 0.05) is 19.7 Å². The van der Waals surface area contributed by atoms with E-state index >= 15 is 0 Å². The third-order valence-corrected chi connectivity index (χ3v) is 3.94. The number of carbonyl (C=O) groups is 2. The molecule has 1 aliphatic heterocycles. The summed E-state index contributed by atoms with van der Waals surface area (Å²) in [6.45, 7) is 0. The minimum atomic E-state index is -0.119. The zero-order valence-electron chi connectivity index (χ0n) is 10.9. The van der Waals surface area contributed by atoms with E-state index in [2.05, 4.69) is 15.7 Å². The Hall–Kier alpha value is -1.85. The van der Waals surface area contributed by atoms with E-state index in [9.17, 15) is 9.59 Å². The van der Waals surface area contributed by atoms with Gasteiger partial charge in [-0.1, -0.05) is 0 Å². The minimum absolute atomic E-state index is 0.0348. The Morgan fingerprint density at radius 3 is 2.89 bits per heavy atom. The lowest BCUT2D eigenvalue weighted by atomic mass is 9.94. The van der Waals surface area contributed by atoms with Gasteiger partial charge in [0.15, 0.2) is 0 Å². The fourth-order valence-corrected chi connectivity index (χ4v) is 2.73. The van der Waals surface area contributed by atoms with E-state index < -0.39 is 0 Å². The van der Waals surface area contributed by atoms with Crippen LogP contribution in [-0.2, 0) is 11.8 Å². The third-order valence-electron chi connectivity index (χ3n) is 3.94. The number of aryl methyl sites for hydroxylation is 1. The van der Waals surface area contributed by atoms with E-state index in [1.807, 2.05) is 0 Å². The average Bonchev–Trinajstić information content (AvgIpc) is 3.13. The van der Waals surface area contributed by atoms with Crippen molar-refractivity contribution in [2.24, 2.45) is 13.0 Å². The second-order valence-electron chi connectivity index (χ2n) is 5.39. The van der Waals surface area contributed by atoms with Crippen LogP contribution in [0.25, 0.3) is 0 Å². The van der Waals surface area contributed by atoms with Crippen LogP contribution in [0.4, 0.5) is 0 Å². The molecule has 1 saturated carbocycles. The van der Waals surface area contributed by atoms with Gasteiger partial charge in [0.05, 0.1) is 12.1 Å². The maximum absolute atomic E-state index is 12.2. The van der Waals surface area contributed by atoms with Gasteiger partial charge in [-0.3, -0.25) is 14.3 Å². The lowest BCUT2D eigenvalue weighted by Crippen LogP contribution is -2.56. The first-order valence-electron chi connectivity index (χ1n) is 6.73. The monoisotopic (exact) mass is 262 g/mol. The van der Waals surface area contributed by atoms with Crippen molar-refractivity contribution in [3.63, 3.8) is 0 Å². The summed E-state index contributed by atoms with van der Waals surface area (Å²) >= 11 is 0. The summed E-state index contributed by atoms with van der Waals surface area (Å²) in [5, 5.41) is 10.1. The molecule has 2 aliphatic rings. The van der Waals surface area contributed by atoms with Crippen LogP contribution >= 0.6 is 0 Å². The van der Waals surface area contributed by atoms with Crippen molar-refractivity contribution in [2.75, 3.05) is 0 Å². The molecule has 1 aliphatic carbocycles. The quantitative estimate of drug-likeness (QED) is 0.817. The van der Waals surface area contributed by atoms with Gasteiger partial charge in [0.25, 0.3) is 5.91 Å². The normalized spacial score (nSPS) is 26.9. The van der Waals surface area contributed by atoms with E-state index in [1.54, 1.807) is 24.0 Å². The number of carbonyl (C=O) groups excluding carboxylic acids is 2. The molecule has 2 atom stereocenters. The summed E-state index contributed by atoms with van der Waals surface area (Å²) in [5.41, 5.74) is 0.548. The van der Waals surface area contributed by atoms with Crippen LogP contribution in [0.2, 0.25) is 0 Å². The topological polar surface area (TPSA) is 76.0 Å². The summed E-state index contributed by atoms with van der Waals surface area (Å²) in [6, 6.07) is 1.83. The second-order valence-corrected chi connectivity index (χ2v) is 5.39. The molecule has 1 aromatic rings. The molecule has 1 aromatic heterocycles. The molecule has 2 amide bonds. The van der Waals surface area contributed by atoms with Crippen LogP contribution in [0.1, 0.15) is 36.2 Å². The zero-order chi connectivity index (χ0) is 13.4. The van der Waals surface area contributed by atoms with Crippen LogP contribution in [0.15, 0.2) is 12.3 Å². The number of amides is 2. The maximum Gasteiger partial charge on any atom is 0.269 e. The molecule has 3 rings (SSSR count). The second kappa shape index (κ2) is 4.68. The summed E-state index contributed by atoms with van der Waals surface area (Å²) in [4.78, 5) is 23.7. The summed E-state index contributed by atoms with van der Waals surface area (Å²) in [6.07, 6.45) is 5.10. The molecule has 2 fully saturated rings. The Bertz CT molecular complexity index is 506. The molecule has 0 bridgehead atoms. The van der Waals surface area contributed by atoms with Crippen molar-refractivity contribution in [3.05, 3.63) is 18.0 Å². The first-order valence-corrected chi connectivity index (χ1v) is 6.73. The lowest BCUT2D eigenvalue weighted by molar-refractivity contribution is -0.124. The summed E-state index contributed by atoms with van der Waals surface area (Å²) in [5.74, 6) is 0.510. The summed E-state index contributed by atoms with van der Waals surface area (Å²) < 4.78 is 1.56. The molecule has 0 spiro atoms. The maximum atomic E-state index is 12.2. The fourth-order valence-electron chi connectivity index (χ4n) is 2.73. The predicted octanol–water partition coefficient (Wildman–Crippen LogP) is 0.207. The van der Waals surface area contributed by atoms with E-state index in [0.29, 0.717) is 18.0 Å². The average molecular weight is 262 g/mol. The first kappa shape index (κ1) is 12.2. The van der Waals surface area contributed by atoms with Crippen molar-refractivity contribution in [2.45, 2.75) is 37.8 Å². The van der Waals surface area contributed by atoms with Crippen LogP contribution in [0.5, 0.6) is 0 Å². The van der Waals surface area contributed by atoms with E-state index in [-0.39, 0.29) is 23.9 Å². The minimum Gasteiger partial charge on any atom is -0.351 e. The van der Waals surface area contributed by atoms with E-state index in [0.717, 1.165) is 19.3 Å². The molecule has 2 heterocycles. The number of nitrogens with one attached hydrogen (secondary N) is 2. The highest BCUT2D eigenvalue weighted by atomic mass is 16.2. The summed E-state index contributed by atoms with van der Waals surface area (Å²) in [7, 11) is 1.75. The van der Waals surface area contributed by atoms with E-state index in [1.165, 1.54) is 0 Å². The molecule has 19 heavy (non-hydrogen) atoms. The zero-order valence-corrected chi connectivity index (χ0v) is 10.9. The van der Waals surface area contributed by atoms with Crippen LogP contribution in [0, 0.1) is 5.92 Å². The van der Waals surface area contributed by atoms with E-state index in [4.69, 9.17) is 0 Å². The molecule has 6 nitrogen and oxygen atoms in total. The smallest absolute Gasteiger partial charge is 0.269 e. The molecular weight excluding hydrogens is 244 g/mol. The predicted molar refractivity (Wildman–Crippen MR) is 68.4 cm³/mol. The number of hydrogen-bond donors (Lipinski definition) is 2. The molecule has 2 N–H and O–H groups in total. The first-order chi connectivity index (χ1) is 9.15.